The molecule has 3 amide bonds. The van der Waals surface area contributed by atoms with Gasteiger partial charge in [0.05, 0.1) is 25.3 Å². The summed E-state index contributed by atoms with van der Waals surface area (Å²) in [4.78, 5) is 39.1. The van der Waals surface area contributed by atoms with E-state index in [0.29, 0.717) is 13.1 Å². The second kappa shape index (κ2) is 9.73. The highest BCUT2D eigenvalue weighted by Crippen LogP contribution is 2.25. The molecular weight excluding hydrogens is 358 g/mol. The summed E-state index contributed by atoms with van der Waals surface area (Å²) in [5.74, 6) is -0.573. The molecule has 1 fully saturated rings. The number of benzene rings is 1. The van der Waals surface area contributed by atoms with Crippen molar-refractivity contribution in [2.45, 2.75) is 31.7 Å². The summed E-state index contributed by atoms with van der Waals surface area (Å²) in [6.07, 6.45) is 4.26. The molecule has 0 bridgehead atoms. The first-order valence-electron chi connectivity index (χ1n) is 9.58. The Kier molecular flexibility index (Phi) is 6.84. The Bertz CT molecular complexity index is 789. The zero-order valence-electron chi connectivity index (χ0n) is 15.7. The fourth-order valence-corrected chi connectivity index (χ4v) is 3.35. The van der Waals surface area contributed by atoms with Gasteiger partial charge in [0.15, 0.2) is 5.76 Å². The van der Waals surface area contributed by atoms with E-state index in [1.54, 1.807) is 17.0 Å². The minimum atomic E-state index is -0.437. The van der Waals surface area contributed by atoms with E-state index in [1.807, 2.05) is 30.3 Å². The quantitative estimate of drug-likeness (QED) is 0.847. The van der Waals surface area contributed by atoms with Crippen molar-refractivity contribution in [1.29, 1.82) is 0 Å². The second-order valence-corrected chi connectivity index (χ2v) is 6.79. The number of rotatable bonds is 4. The van der Waals surface area contributed by atoms with Crippen molar-refractivity contribution in [3.05, 3.63) is 60.1 Å². The Morgan fingerprint density at radius 1 is 1.11 bits per heavy atom. The maximum Gasteiger partial charge on any atom is 0.287 e. The number of amides is 3. The van der Waals surface area contributed by atoms with E-state index in [2.05, 4.69) is 10.6 Å². The van der Waals surface area contributed by atoms with Crippen LogP contribution in [0.1, 0.15) is 47.8 Å². The lowest BCUT2D eigenvalue weighted by Crippen LogP contribution is -2.44. The highest BCUT2D eigenvalue weighted by atomic mass is 16.3. The largest absolute Gasteiger partial charge is 0.459 e. The molecule has 0 spiro atoms. The first kappa shape index (κ1) is 19.7. The molecule has 0 radical (unpaired) electrons. The molecule has 28 heavy (non-hydrogen) atoms. The third-order valence-electron chi connectivity index (χ3n) is 4.80. The summed E-state index contributed by atoms with van der Waals surface area (Å²) in [6.45, 7) is 1.06. The highest BCUT2D eigenvalue weighted by Gasteiger charge is 2.28. The third kappa shape index (κ3) is 5.22. The smallest absolute Gasteiger partial charge is 0.287 e. The van der Waals surface area contributed by atoms with Crippen molar-refractivity contribution in [2.75, 3.05) is 19.6 Å². The summed E-state index contributed by atoms with van der Waals surface area (Å²) in [5, 5.41) is 5.53. The number of hydrogen-bond acceptors (Lipinski definition) is 4. The van der Waals surface area contributed by atoms with Gasteiger partial charge in [0.2, 0.25) is 11.8 Å². The van der Waals surface area contributed by atoms with Crippen molar-refractivity contribution < 1.29 is 18.8 Å². The number of furan rings is 1. The summed E-state index contributed by atoms with van der Waals surface area (Å²) < 4.78 is 5.05. The maximum absolute atomic E-state index is 13.0. The molecule has 1 aliphatic rings. The molecule has 1 aromatic carbocycles. The molecule has 0 saturated carbocycles. The minimum Gasteiger partial charge on any atom is -0.459 e. The second-order valence-electron chi connectivity index (χ2n) is 6.79. The Balaban J connectivity index is 1.76. The van der Waals surface area contributed by atoms with E-state index >= 15 is 0 Å². The maximum atomic E-state index is 13.0. The van der Waals surface area contributed by atoms with Crippen LogP contribution in [-0.4, -0.2) is 42.3 Å². The van der Waals surface area contributed by atoms with Crippen LogP contribution in [0, 0.1) is 0 Å². The molecule has 2 N–H and O–H groups in total. The van der Waals surface area contributed by atoms with Crippen LogP contribution in [0.15, 0.2) is 53.1 Å². The fraction of sp³-hybridized carbons (Fsp3) is 0.381. The van der Waals surface area contributed by atoms with Crippen molar-refractivity contribution in [1.82, 2.24) is 15.5 Å². The predicted molar refractivity (Wildman–Crippen MR) is 103 cm³/mol. The average molecular weight is 383 g/mol. The number of hydrogen-bond donors (Lipinski definition) is 2. The predicted octanol–water partition coefficient (Wildman–Crippen LogP) is 2.27. The van der Waals surface area contributed by atoms with Crippen LogP contribution in [0.5, 0.6) is 0 Å². The van der Waals surface area contributed by atoms with Crippen LogP contribution in [-0.2, 0) is 9.59 Å². The summed E-state index contributed by atoms with van der Waals surface area (Å²) in [7, 11) is 0. The zero-order valence-corrected chi connectivity index (χ0v) is 15.7. The molecule has 1 atom stereocenters. The van der Waals surface area contributed by atoms with E-state index in [9.17, 15) is 14.4 Å². The van der Waals surface area contributed by atoms with Gasteiger partial charge in [-0.2, -0.15) is 0 Å². The summed E-state index contributed by atoms with van der Waals surface area (Å²) >= 11 is 0. The van der Waals surface area contributed by atoms with Gasteiger partial charge in [-0.1, -0.05) is 30.3 Å². The molecule has 0 aliphatic carbocycles. The topological polar surface area (TPSA) is 91.7 Å². The van der Waals surface area contributed by atoms with Crippen molar-refractivity contribution in [2.24, 2.45) is 0 Å². The molecule has 2 aromatic rings. The average Bonchev–Trinajstić information content (AvgIpc) is 3.26. The van der Waals surface area contributed by atoms with Gasteiger partial charge in [0.25, 0.3) is 5.91 Å². The first-order chi connectivity index (χ1) is 13.6. The van der Waals surface area contributed by atoms with Gasteiger partial charge in [0.1, 0.15) is 0 Å². The van der Waals surface area contributed by atoms with Gasteiger partial charge >= 0.3 is 0 Å². The number of carbonyl (C=O) groups excluding carboxylic acids is 3. The van der Waals surface area contributed by atoms with E-state index < -0.39 is 5.91 Å². The third-order valence-corrected chi connectivity index (χ3v) is 4.80. The first-order valence-corrected chi connectivity index (χ1v) is 9.58. The molecule has 1 aromatic heterocycles. The van der Waals surface area contributed by atoms with Crippen molar-refractivity contribution >= 4 is 17.7 Å². The van der Waals surface area contributed by atoms with Crippen LogP contribution < -0.4 is 10.6 Å². The number of nitrogens with one attached hydrogen (secondary N) is 2. The van der Waals surface area contributed by atoms with Crippen LogP contribution in [0.3, 0.4) is 0 Å². The monoisotopic (exact) mass is 383 g/mol. The van der Waals surface area contributed by atoms with Crippen LogP contribution in [0.25, 0.3) is 0 Å². The van der Waals surface area contributed by atoms with Crippen molar-refractivity contribution in [3.8, 4) is 0 Å². The normalized spacial score (nSPS) is 18.2. The van der Waals surface area contributed by atoms with Crippen LogP contribution >= 0.6 is 0 Å². The van der Waals surface area contributed by atoms with Gasteiger partial charge in [-0.05, 0) is 37.0 Å². The van der Waals surface area contributed by atoms with Crippen molar-refractivity contribution in [3.63, 3.8) is 0 Å². The van der Waals surface area contributed by atoms with Gasteiger partial charge in [0, 0.05) is 13.1 Å². The molecule has 1 aliphatic heterocycles. The standard InChI is InChI=1S/C21H25N3O4/c25-19-14-17(16-8-3-1-4-9-16)24(12-6-2-5-11-22-19)20(26)15-23-21(27)18-10-7-13-28-18/h1,3-4,7-10,13,17H,2,5-6,11-12,14-15H2,(H,22,25)(H,23,27)/t17-/m0/s1. The Morgan fingerprint density at radius 2 is 1.93 bits per heavy atom. The highest BCUT2D eigenvalue weighted by molar-refractivity contribution is 5.94. The lowest BCUT2D eigenvalue weighted by atomic mass is 10.00. The summed E-state index contributed by atoms with van der Waals surface area (Å²) in [5.41, 5.74) is 0.906. The Morgan fingerprint density at radius 3 is 2.68 bits per heavy atom. The van der Waals surface area contributed by atoms with Crippen LogP contribution in [0.4, 0.5) is 0 Å². The minimum absolute atomic E-state index is 0.0758. The molecule has 7 heteroatoms. The lowest BCUT2D eigenvalue weighted by Gasteiger charge is -2.33. The van der Waals surface area contributed by atoms with E-state index in [0.717, 1.165) is 24.8 Å². The molecule has 148 valence electrons. The Hall–Kier alpha value is -3.09. The molecule has 3 rings (SSSR count). The van der Waals surface area contributed by atoms with Gasteiger partial charge in [-0.25, -0.2) is 0 Å². The Labute approximate surface area is 164 Å². The molecule has 2 heterocycles. The number of nitrogens with zero attached hydrogens (tertiary/aromatic N) is 1. The molecular formula is C21H25N3O4. The fourth-order valence-electron chi connectivity index (χ4n) is 3.35. The molecule has 7 nitrogen and oxygen atoms in total. The zero-order chi connectivity index (χ0) is 19.8. The van der Waals surface area contributed by atoms with Gasteiger partial charge < -0.3 is 20.0 Å². The van der Waals surface area contributed by atoms with E-state index in [-0.39, 0.29) is 36.6 Å². The van der Waals surface area contributed by atoms with Crippen LogP contribution in [0.2, 0.25) is 0 Å². The van der Waals surface area contributed by atoms with Gasteiger partial charge in [-0.15, -0.1) is 0 Å². The lowest BCUT2D eigenvalue weighted by molar-refractivity contribution is -0.134. The molecule has 1 saturated heterocycles. The van der Waals surface area contributed by atoms with E-state index in [1.165, 1.54) is 6.26 Å². The summed E-state index contributed by atoms with van der Waals surface area (Å²) in [6, 6.07) is 12.3. The SMILES string of the molecule is O=C1C[C@@H](c2ccccc2)N(C(=O)CNC(=O)c2ccco2)CCCCCN1. The van der Waals surface area contributed by atoms with E-state index in [4.69, 9.17) is 4.42 Å². The number of carbonyl (C=O) groups is 3. The molecule has 0 unspecified atom stereocenters. The van der Waals surface area contributed by atoms with Gasteiger partial charge in [-0.3, -0.25) is 14.4 Å².